The Balaban J connectivity index is 1.71. The highest BCUT2D eigenvalue weighted by Crippen LogP contribution is 2.41. The third-order valence-corrected chi connectivity index (χ3v) is 8.07. The van der Waals surface area contributed by atoms with Crippen LogP contribution in [0.1, 0.15) is 49.3 Å². The highest BCUT2D eigenvalue weighted by Gasteiger charge is 2.36. The number of rotatable bonds is 7. The quantitative estimate of drug-likeness (QED) is 0.503. The lowest BCUT2D eigenvalue weighted by molar-refractivity contribution is 0.0975. The van der Waals surface area contributed by atoms with E-state index in [1.165, 1.54) is 49.6 Å². The molecule has 1 aliphatic heterocycles. The molecule has 1 amide bonds. The van der Waals surface area contributed by atoms with Crippen LogP contribution in [0.25, 0.3) is 5.65 Å². The highest BCUT2D eigenvalue weighted by atomic mass is 32.2. The van der Waals surface area contributed by atoms with Gasteiger partial charge in [0.25, 0.3) is 5.91 Å². The number of fused-ring (bicyclic) bond motifs is 1. The zero-order valence-electron chi connectivity index (χ0n) is 20.0. The smallest absolute Gasteiger partial charge is 0.283 e. The Labute approximate surface area is 207 Å². The van der Waals surface area contributed by atoms with Crippen LogP contribution in [-0.2, 0) is 10.0 Å². The third kappa shape index (κ3) is 4.99. The maximum atomic E-state index is 14.7. The van der Waals surface area contributed by atoms with Gasteiger partial charge in [-0.3, -0.25) is 9.20 Å². The molecule has 36 heavy (non-hydrogen) atoms. The van der Waals surface area contributed by atoms with Gasteiger partial charge in [0, 0.05) is 24.7 Å². The molecular formula is C24H27F3N4O4S. The molecule has 2 unspecified atom stereocenters. The molecule has 1 N–H and O–H groups in total. The van der Waals surface area contributed by atoms with Gasteiger partial charge in [-0.2, -0.15) is 0 Å². The summed E-state index contributed by atoms with van der Waals surface area (Å²) in [6, 6.07) is 6.50. The minimum Gasteiger partial charge on any atom is -0.490 e. The molecule has 12 heteroatoms. The standard InChI is InChI=1S/C24H27F3N4O4S/c1-24(2,3)36(33,34)29-23(32)20-12-28-22-7-5-17(14-31(20)22)30-13-16(27)11-19(30)18-10-15(26)4-6-21(18)35-9-8-25/h4-7,10,12,14,16,19H,8-9,11,13H2,1-3H3,(H,29,32). The summed E-state index contributed by atoms with van der Waals surface area (Å²) >= 11 is 0. The number of amides is 1. The predicted molar refractivity (Wildman–Crippen MR) is 129 cm³/mol. The number of pyridine rings is 1. The van der Waals surface area contributed by atoms with Crippen molar-refractivity contribution in [3.63, 3.8) is 0 Å². The van der Waals surface area contributed by atoms with Crippen LogP contribution >= 0.6 is 0 Å². The van der Waals surface area contributed by atoms with Crippen molar-refractivity contribution in [1.82, 2.24) is 14.1 Å². The summed E-state index contributed by atoms with van der Waals surface area (Å²) in [7, 11) is -3.96. The molecule has 0 radical (unpaired) electrons. The lowest BCUT2D eigenvalue weighted by Gasteiger charge is -2.28. The fourth-order valence-corrected chi connectivity index (χ4v) is 4.71. The molecule has 1 fully saturated rings. The molecular weight excluding hydrogens is 497 g/mol. The predicted octanol–water partition coefficient (Wildman–Crippen LogP) is 3.97. The first-order chi connectivity index (χ1) is 16.9. The average molecular weight is 525 g/mol. The van der Waals surface area contributed by atoms with Crippen LogP contribution in [0.15, 0.2) is 42.7 Å². The van der Waals surface area contributed by atoms with E-state index in [0.717, 1.165) is 0 Å². The van der Waals surface area contributed by atoms with Crippen LogP contribution in [0.4, 0.5) is 18.9 Å². The van der Waals surface area contributed by atoms with Crippen molar-refractivity contribution in [2.45, 2.75) is 44.2 Å². The molecule has 3 aromatic rings. The number of hydrogen-bond donors (Lipinski definition) is 1. The van der Waals surface area contributed by atoms with Gasteiger partial charge in [-0.05, 0) is 51.1 Å². The van der Waals surface area contributed by atoms with E-state index >= 15 is 0 Å². The normalized spacial score (nSPS) is 18.6. The number of nitrogens with zero attached hydrogens (tertiary/aromatic N) is 3. The number of anilines is 1. The number of aromatic nitrogens is 2. The maximum absolute atomic E-state index is 14.7. The fraction of sp³-hybridized carbons (Fsp3) is 0.417. The van der Waals surface area contributed by atoms with Crippen molar-refractivity contribution in [3.8, 4) is 5.75 Å². The molecule has 3 heterocycles. The second-order valence-electron chi connectivity index (χ2n) is 9.53. The molecule has 0 bridgehead atoms. The van der Waals surface area contributed by atoms with Gasteiger partial charge in [-0.1, -0.05) is 0 Å². The van der Waals surface area contributed by atoms with Gasteiger partial charge in [0.1, 0.15) is 42.4 Å². The van der Waals surface area contributed by atoms with E-state index in [-0.39, 0.29) is 31.0 Å². The first-order valence-electron chi connectivity index (χ1n) is 11.3. The largest absolute Gasteiger partial charge is 0.490 e. The van der Waals surface area contributed by atoms with E-state index in [4.69, 9.17) is 4.74 Å². The molecule has 4 rings (SSSR count). The van der Waals surface area contributed by atoms with Crippen LogP contribution in [0.5, 0.6) is 5.75 Å². The highest BCUT2D eigenvalue weighted by molar-refractivity contribution is 7.91. The molecule has 194 valence electrons. The second-order valence-corrected chi connectivity index (χ2v) is 12.0. The first kappa shape index (κ1) is 25.8. The number of carbonyl (C=O) groups is 1. The zero-order valence-corrected chi connectivity index (χ0v) is 20.9. The minimum absolute atomic E-state index is 0.0101. The topological polar surface area (TPSA) is 93.0 Å². The first-order valence-corrected chi connectivity index (χ1v) is 12.8. The number of ether oxygens (including phenoxy) is 1. The molecule has 1 saturated heterocycles. The molecule has 2 aromatic heterocycles. The number of nitrogens with one attached hydrogen (secondary N) is 1. The van der Waals surface area contributed by atoms with E-state index in [1.807, 2.05) is 0 Å². The number of alkyl halides is 2. The summed E-state index contributed by atoms with van der Waals surface area (Å²) in [6.45, 7) is 3.44. The van der Waals surface area contributed by atoms with Crippen molar-refractivity contribution in [2.24, 2.45) is 0 Å². The summed E-state index contributed by atoms with van der Waals surface area (Å²) in [6.07, 6.45) is 1.62. The monoisotopic (exact) mass is 524 g/mol. The molecule has 1 aliphatic rings. The van der Waals surface area contributed by atoms with E-state index in [0.29, 0.717) is 16.9 Å². The Morgan fingerprint density at radius 3 is 2.69 bits per heavy atom. The van der Waals surface area contributed by atoms with Crippen LogP contribution in [0.3, 0.4) is 0 Å². The van der Waals surface area contributed by atoms with Gasteiger partial charge in [0.15, 0.2) is 0 Å². The van der Waals surface area contributed by atoms with Crippen molar-refractivity contribution >= 4 is 27.3 Å². The van der Waals surface area contributed by atoms with Crippen LogP contribution in [-0.4, -0.2) is 54.5 Å². The summed E-state index contributed by atoms with van der Waals surface area (Å²) in [4.78, 5) is 18.7. The van der Waals surface area contributed by atoms with E-state index in [2.05, 4.69) is 9.71 Å². The van der Waals surface area contributed by atoms with E-state index in [1.54, 1.807) is 23.2 Å². The molecule has 0 aliphatic carbocycles. The number of hydrogen-bond acceptors (Lipinski definition) is 6. The zero-order chi connectivity index (χ0) is 26.3. The van der Waals surface area contributed by atoms with Crippen LogP contribution in [0, 0.1) is 5.82 Å². The van der Waals surface area contributed by atoms with Crippen molar-refractivity contribution < 1.29 is 31.1 Å². The number of carbonyl (C=O) groups excluding carboxylic acids is 1. The van der Waals surface area contributed by atoms with E-state index < -0.39 is 45.4 Å². The minimum atomic E-state index is -3.96. The second kappa shape index (κ2) is 9.64. The molecule has 0 spiro atoms. The molecule has 0 saturated carbocycles. The number of sulfonamides is 1. The van der Waals surface area contributed by atoms with Gasteiger partial charge in [0.2, 0.25) is 10.0 Å². The van der Waals surface area contributed by atoms with Crippen LogP contribution in [0.2, 0.25) is 0 Å². The summed E-state index contributed by atoms with van der Waals surface area (Å²) < 4.78 is 74.1. The maximum Gasteiger partial charge on any atom is 0.283 e. The van der Waals surface area contributed by atoms with Gasteiger partial charge < -0.3 is 9.64 Å². The van der Waals surface area contributed by atoms with Crippen molar-refractivity contribution in [3.05, 3.63) is 59.8 Å². The molecule has 1 aromatic carbocycles. The molecule has 2 atom stereocenters. The summed E-state index contributed by atoms with van der Waals surface area (Å²) in [5, 5.41) is 0. The Hall–Kier alpha value is -3.28. The van der Waals surface area contributed by atoms with Crippen molar-refractivity contribution in [1.29, 1.82) is 0 Å². The van der Waals surface area contributed by atoms with Gasteiger partial charge in [-0.25, -0.2) is 31.3 Å². The number of imidazole rings is 1. The van der Waals surface area contributed by atoms with Crippen LogP contribution < -0.4 is 14.4 Å². The summed E-state index contributed by atoms with van der Waals surface area (Å²) in [5.41, 5.74) is 1.23. The van der Waals surface area contributed by atoms with Gasteiger partial charge in [0.05, 0.1) is 22.7 Å². The Morgan fingerprint density at radius 2 is 2.00 bits per heavy atom. The number of benzene rings is 1. The Kier molecular flexibility index (Phi) is 6.91. The van der Waals surface area contributed by atoms with Gasteiger partial charge >= 0.3 is 0 Å². The summed E-state index contributed by atoms with van der Waals surface area (Å²) in [5.74, 6) is -1.14. The lowest BCUT2D eigenvalue weighted by atomic mass is 10.0. The Morgan fingerprint density at radius 1 is 1.25 bits per heavy atom. The number of halogens is 3. The Bertz CT molecular complexity index is 1390. The third-order valence-electron chi connectivity index (χ3n) is 6.00. The average Bonchev–Trinajstić information content (AvgIpc) is 3.40. The van der Waals surface area contributed by atoms with E-state index in [9.17, 15) is 26.4 Å². The van der Waals surface area contributed by atoms with Gasteiger partial charge in [-0.15, -0.1) is 0 Å². The lowest BCUT2D eigenvalue weighted by Crippen LogP contribution is -2.42. The van der Waals surface area contributed by atoms with Crippen molar-refractivity contribution in [2.75, 3.05) is 24.7 Å². The SMILES string of the molecule is CC(C)(C)S(=O)(=O)NC(=O)c1cnc2ccc(N3CC(F)CC3c3cc(F)ccc3OCCF)cn12. The fourth-order valence-electron chi connectivity index (χ4n) is 4.06. The molecule has 8 nitrogen and oxygen atoms in total.